The summed E-state index contributed by atoms with van der Waals surface area (Å²) >= 11 is 0. The quantitative estimate of drug-likeness (QED) is 0.863. The minimum absolute atomic E-state index is 0.185. The van der Waals surface area contributed by atoms with Crippen molar-refractivity contribution >= 4 is 11.2 Å². The van der Waals surface area contributed by atoms with E-state index in [0.717, 1.165) is 5.82 Å². The molecular weight excluding hydrogens is 270 g/mol. The molecule has 0 atom stereocenters. The van der Waals surface area contributed by atoms with E-state index in [0.29, 0.717) is 37.2 Å². The maximum Gasteiger partial charge on any atom is 0.332 e. The van der Waals surface area contributed by atoms with E-state index < -0.39 is 0 Å². The van der Waals surface area contributed by atoms with Crippen molar-refractivity contribution in [2.24, 2.45) is 12.8 Å². The van der Waals surface area contributed by atoms with E-state index in [2.05, 4.69) is 4.98 Å². The molecule has 0 unspecified atom stereocenters. The van der Waals surface area contributed by atoms with Crippen LogP contribution in [0, 0.1) is 0 Å². The molecule has 0 amide bonds. The zero-order chi connectivity index (χ0) is 15.7. The molecule has 0 radical (unpaired) electrons. The third-order valence-corrected chi connectivity index (χ3v) is 3.68. The summed E-state index contributed by atoms with van der Waals surface area (Å²) in [5.41, 5.74) is 5.83. The number of hydrogen-bond donors (Lipinski definition) is 1. The van der Waals surface area contributed by atoms with E-state index in [1.165, 1.54) is 9.13 Å². The molecule has 0 aliphatic heterocycles. The van der Waals surface area contributed by atoms with Gasteiger partial charge in [0.15, 0.2) is 11.2 Å². The van der Waals surface area contributed by atoms with Gasteiger partial charge in [-0.05, 0) is 19.9 Å². The van der Waals surface area contributed by atoms with Crippen LogP contribution in [-0.4, -0.2) is 25.2 Å². The molecule has 0 aliphatic carbocycles. The number of imidazole rings is 1. The highest BCUT2D eigenvalue weighted by Gasteiger charge is 2.20. The van der Waals surface area contributed by atoms with Crippen LogP contribution in [0.4, 0.5) is 0 Å². The van der Waals surface area contributed by atoms with Gasteiger partial charge in [0, 0.05) is 26.1 Å². The fourth-order valence-electron chi connectivity index (χ4n) is 2.60. The molecule has 2 N–H and O–H groups in total. The van der Waals surface area contributed by atoms with Crippen LogP contribution >= 0.6 is 0 Å². The Balaban J connectivity index is 2.87. The smallest absolute Gasteiger partial charge is 0.330 e. The van der Waals surface area contributed by atoms with E-state index in [4.69, 9.17) is 5.73 Å². The highest BCUT2D eigenvalue weighted by molar-refractivity contribution is 5.71. The van der Waals surface area contributed by atoms with Crippen LogP contribution in [0.5, 0.6) is 0 Å². The lowest BCUT2D eigenvalue weighted by Gasteiger charge is -2.10. The molecule has 7 nitrogen and oxygen atoms in total. The van der Waals surface area contributed by atoms with Gasteiger partial charge in [0.05, 0.1) is 0 Å². The third-order valence-electron chi connectivity index (χ3n) is 3.68. The fourth-order valence-corrected chi connectivity index (χ4v) is 2.60. The van der Waals surface area contributed by atoms with Gasteiger partial charge in [-0.15, -0.1) is 0 Å². The monoisotopic (exact) mass is 293 g/mol. The van der Waals surface area contributed by atoms with Crippen molar-refractivity contribution in [1.29, 1.82) is 0 Å². The van der Waals surface area contributed by atoms with Crippen LogP contribution in [-0.2, 0) is 20.1 Å². The first-order chi connectivity index (χ1) is 9.93. The molecule has 0 saturated heterocycles. The van der Waals surface area contributed by atoms with Gasteiger partial charge in [-0.1, -0.05) is 13.8 Å². The van der Waals surface area contributed by atoms with Crippen LogP contribution in [0.1, 0.15) is 38.9 Å². The zero-order valence-corrected chi connectivity index (χ0v) is 13.1. The van der Waals surface area contributed by atoms with E-state index in [1.54, 1.807) is 7.05 Å². The van der Waals surface area contributed by atoms with E-state index in [-0.39, 0.29) is 17.2 Å². The maximum atomic E-state index is 12.7. The lowest BCUT2D eigenvalue weighted by molar-refractivity contribution is 0.575. The standard InChI is InChI=1S/C14H23N5O2/c1-5-18-10-12(16-11(18)9(2)3)17(4)14(21)19(13(10)20)8-6-7-15/h9H,5-8,15H2,1-4H3. The third kappa shape index (κ3) is 2.42. The van der Waals surface area contributed by atoms with Crippen molar-refractivity contribution in [1.82, 2.24) is 18.7 Å². The second kappa shape index (κ2) is 5.85. The average Bonchev–Trinajstić information content (AvgIpc) is 2.85. The second-order valence-corrected chi connectivity index (χ2v) is 5.48. The molecule has 0 bridgehead atoms. The number of fused-ring (bicyclic) bond motifs is 1. The number of aromatic nitrogens is 4. The first kappa shape index (κ1) is 15.5. The highest BCUT2D eigenvalue weighted by Crippen LogP contribution is 2.18. The summed E-state index contributed by atoms with van der Waals surface area (Å²) in [6, 6.07) is 0. The molecule has 0 fully saturated rings. The molecule has 2 heterocycles. The van der Waals surface area contributed by atoms with E-state index in [1.807, 2.05) is 25.3 Å². The Kier molecular flexibility index (Phi) is 4.32. The van der Waals surface area contributed by atoms with Crippen molar-refractivity contribution in [2.75, 3.05) is 6.54 Å². The predicted octanol–water partition coefficient (Wildman–Crippen LogP) is 0.389. The van der Waals surface area contributed by atoms with Gasteiger partial charge in [-0.25, -0.2) is 9.78 Å². The van der Waals surface area contributed by atoms with E-state index in [9.17, 15) is 9.59 Å². The molecule has 0 spiro atoms. The molecule has 0 aliphatic rings. The van der Waals surface area contributed by atoms with Crippen LogP contribution in [0.15, 0.2) is 9.59 Å². The largest absolute Gasteiger partial charge is 0.332 e. The van der Waals surface area contributed by atoms with Gasteiger partial charge >= 0.3 is 5.69 Å². The summed E-state index contributed by atoms with van der Waals surface area (Å²) in [5.74, 6) is 1.01. The first-order valence-electron chi connectivity index (χ1n) is 7.34. The molecule has 116 valence electrons. The Morgan fingerprint density at radius 2 is 1.90 bits per heavy atom. The van der Waals surface area contributed by atoms with Crippen molar-refractivity contribution in [3.8, 4) is 0 Å². The lowest BCUT2D eigenvalue weighted by atomic mass is 10.2. The SMILES string of the molecule is CCn1c(C(C)C)nc2c1c(=O)n(CCCN)c(=O)n2C. The average molecular weight is 293 g/mol. The van der Waals surface area contributed by atoms with Gasteiger partial charge in [0.2, 0.25) is 0 Å². The summed E-state index contributed by atoms with van der Waals surface area (Å²) in [5, 5.41) is 0. The molecule has 2 rings (SSSR count). The Morgan fingerprint density at radius 3 is 2.43 bits per heavy atom. The number of rotatable bonds is 5. The maximum absolute atomic E-state index is 12.7. The predicted molar refractivity (Wildman–Crippen MR) is 82.7 cm³/mol. The normalized spacial score (nSPS) is 11.7. The Labute approximate surface area is 123 Å². The Hall–Kier alpha value is -1.89. The summed E-state index contributed by atoms with van der Waals surface area (Å²) in [6.07, 6.45) is 0.595. The van der Waals surface area contributed by atoms with E-state index >= 15 is 0 Å². The number of nitrogens with two attached hydrogens (primary N) is 1. The van der Waals surface area contributed by atoms with Crippen molar-refractivity contribution in [2.45, 2.75) is 46.2 Å². The minimum atomic E-state index is -0.336. The van der Waals surface area contributed by atoms with Crippen molar-refractivity contribution < 1.29 is 0 Å². The molecule has 2 aromatic rings. The van der Waals surface area contributed by atoms with Crippen LogP contribution < -0.4 is 17.0 Å². The number of nitrogens with zero attached hydrogens (tertiary/aromatic N) is 4. The van der Waals surface area contributed by atoms with Crippen LogP contribution in [0.25, 0.3) is 11.2 Å². The van der Waals surface area contributed by atoms with Gasteiger partial charge < -0.3 is 10.3 Å². The van der Waals surface area contributed by atoms with Gasteiger partial charge in [-0.2, -0.15) is 0 Å². The Morgan fingerprint density at radius 1 is 1.24 bits per heavy atom. The number of hydrogen-bond acceptors (Lipinski definition) is 4. The first-order valence-corrected chi connectivity index (χ1v) is 7.34. The molecule has 7 heteroatoms. The molecule has 2 aromatic heterocycles. The zero-order valence-electron chi connectivity index (χ0n) is 13.1. The summed E-state index contributed by atoms with van der Waals surface area (Å²) in [6.45, 7) is 7.45. The summed E-state index contributed by atoms with van der Waals surface area (Å²) in [7, 11) is 1.65. The van der Waals surface area contributed by atoms with Crippen molar-refractivity contribution in [3.05, 3.63) is 26.7 Å². The van der Waals surface area contributed by atoms with Crippen molar-refractivity contribution in [3.63, 3.8) is 0 Å². The molecule has 0 aromatic carbocycles. The molecular formula is C14H23N5O2. The molecule has 0 saturated carbocycles. The fraction of sp³-hybridized carbons (Fsp3) is 0.643. The lowest BCUT2D eigenvalue weighted by Crippen LogP contribution is -2.40. The molecule has 21 heavy (non-hydrogen) atoms. The number of aryl methyl sites for hydroxylation is 2. The highest BCUT2D eigenvalue weighted by atomic mass is 16.2. The van der Waals surface area contributed by atoms with Gasteiger partial charge in [0.25, 0.3) is 5.56 Å². The topological polar surface area (TPSA) is 87.8 Å². The van der Waals surface area contributed by atoms with Gasteiger partial charge in [-0.3, -0.25) is 13.9 Å². The van der Waals surface area contributed by atoms with Gasteiger partial charge in [0.1, 0.15) is 5.82 Å². The van der Waals surface area contributed by atoms with Crippen LogP contribution in [0.2, 0.25) is 0 Å². The minimum Gasteiger partial charge on any atom is -0.330 e. The Bertz CT molecular complexity index is 766. The van der Waals surface area contributed by atoms with Crippen LogP contribution in [0.3, 0.4) is 0 Å². The summed E-state index contributed by atoms with van der Waals surface area (Å²) in [4.78, 5) is 29.5. The second-order valence-electron chi connectivity index (χ2n) is 5.48. The summed E-state index contributed by atoms with van der Waals surface area (Å²) < 4.78 is 4.61.